The predicted molar refractivity (Wildman–Crippen MR) is 114 cm³/mol. The molecule has 4 aromatic rings. The molecule has 5 heteroatoms. The molecule has 2 aromatic carbocycles. The number of pyridine rings is 1. The Bertz CT molecular complexity index is 1190. The van der Waals surface area contributed by atoms with Crippen molar-refractivity contribution < 1.29 is 5.11 Å². The lowest BCUT2D eigenvalue weighted by Crippen LogP contribution is -2.11. The van der Waals surface area contributed by atoms with E-state index in [1.807, 2.05) is 37.6 Å². The number of benzene rings is 2. The van der Waals surface area contributed by atoms with E-state index in [1.165, 1.54) is 16.9 Å². The molecule has 138 valence electrons. The van der Waals surface area contributed by atoms with Crippen molar-refractivity contribution in [3.8, 4) is 16.9 Å². The van der Waals surface area contributed by atoms with Crippen LogP contribution in [0.15, 0.2) is 46.6 Å². The van der Waals surface area contributed by atoms with Gasteiger partial charge >= 0.3 is 0 Å². The van der Waals surface area contributed by atoms with Crippen molar-refractivity contribution in [3.05, 3.63) is 63.3 Å². The fourth-order valence-corrected chi connectivity index (χ4v) is 4.46. The van der Waals surface area contributed by atoms with Crippen molar-refractivity contribution in [2.75, 3.05) is 7.05 Å². The molecule has 0 aliphatic carbocycles. The molecule has 3 N–H and O–H groups in total. The fraction of sp³-hybridized carbons (Fsp3) is 0.227. The van der Waals surface area contributed by atoms with Crippen LogP contribution >= 0.6 is 11.3 Å². The smallest absolute Gasteiger partial charge is 0.266 e. The van der Waals surface area contributed by atoms with E-state index >= 15 is 0 Å². The van der Waals surface area contributed by atoms with Crippen LogP contribution in [0.1, 0.15) is 31.0 Å². The van der Waals surface area contributed by atoms with Crippen molar-refractivity contribution in [2.45, 2.75) is 26.3 Å². The number of phenolic OH excluding ortho intramolecular Hbond substituents is 1. The first kappa shape index (κ1) is 17.8. The van der Waals surface area contributed by atoms with Crippen LogP contribution in [-0.2, 0) is 6.42 Å². The molecule has 0 saturated heterocycles. The Balaban J connectivity index is 2.07. The molecule has 27 heavy (non-hydrogen) atoms. The van der Waals surface area contributed by atoms with Gasteiger partial charge in [0.25, 0.3) is 5.56 Å². The highest BCUT2D eigenvalue weighted by Gasteiger charge is 2.18. The van der Waals surface area contributed by atoms with E-state index < -0.39 is 0 Å². The van der Waals surface area contributed by atoms with Crippen molar-refractivity contribution in [2.24, 2.45) is 0 Å². The second kappa shape index (κ2) is 6.83. The zero-order valence-corrected chi connectivity index (χ0v) is 16.4. The molecule has 0 aliphatic heterocycles. The predicted octanol–water partition coefficient (Wildman–Crippen LogP) is 4.96. The molecule has 0 amide bonds. The highest BCUT2D eigenvalue weighted by atomic mass is 32.1. The number of hydrogen-bond acceptors (Lipinski definition) is 4. The molecule has 0 fully saturated rings. The van der Waals surface area contributed by atoms with E-state index in [4.69, 9.17) is 0 Å². The highest BCUT2D eigenvalue weighted by Crippen LogP contribution is 2.41. The molecular weight excluding hydrogens is 356 g/mol. The maximum atomic E-state index is 12.5. The van der Waals surface area contributed by atoms with Crippen LogP contribution in [0.5, 0.6) is 5.75 Å². The molecule has 1 atom stereocenters. The average molecular weight is 378 g/mol. The number of hydrogen-bond donors (Lipinski definition) is 3. The first-order chi connectivity index (χ1) is 13.0. The number of aromatic amines is 1. The summed E-state index contributed by atoms with van der Waals surface area (Å²) in [6.45, 7) is 4.13. The van der Waals surface area contributed by atoms with Crippen LogP contribution in [-0.4, -0.2) is 17.1 Å². The van der Waals surface area contributed by atoms with Gasteiger partial charge in [0.1, 0.15) is 10.4 Å². The summed E-state index contributed by atoms with van der Waals surface area (Å²) in [6.07, 6.45) is 0.731. The van der Waals surface area contributed by atoms with Gasteiger partial charge in [-0.15, -0.1) is 11.3 Å². The molecule has 4 nitrogen and oxygen atoms in total. The molecule has 2 aromatic heterocycles. The van der Waals surface area contributed by atoms with Crippen LogP contribution in [0.25, 0.3) is 32.1 Å². The lowest BCUT2D eigenvalue weighted by atomic mass is 9.93. The monoisotopic (exact) mass is 378 g/mol. The SMILES string of the molecule is CCc1cc(O)c(-c2ccc([C@@H](C)NC)cc2)c2c1[nH]c(=O)c1sccc12. The number of aromatic nitrogens is 1. The van der Waals surface area contributed by atoms with Crippen LogP contribution in [0.2, 0.25) is 0 Å². The molecule has 4 rings (SSSR count). The Morgan fingerprint density at radius 1 is 1.22 bits per heavy atom. The molecule has 0 aliphatic rings. The number of rotatable bonds is 4. The molecule has 0 radical (unpaired) electrons. The van der Waals surface area contributed by atoms with E-state index in [1.54, 1.807) is 6.07 Å². The largest absolute Gasteiger partial charge is 0.507 e. The number of H-pyrrole nitrogens is 1. The van der Waals surface area contributed by atoms with Crippen molar-refractivity contribution in [1.82, 2.24) is 10.3 Å². The number of fused-ring (bicyclic) bond motifs is 3. The number of phenols is 1. The zero-order valence-electron chi connectivity index (χ0n) is 15.6. The minimum Gasteiger partial charge on any atom is -0.507 e. The summed E-state index contributed by atoms with van der Waals surface area (Å²) in [6, 6.07) is 12.2. The van der Waals surface area contributed by atoms with Crippen molar-refractivity contribution >= 4 is 32.3 Å². The summed E-state index contributed by atoms with van der Waals surface area (Å²) >= 11 is 1.43. The van der Waals surface area contributed by atoms with Gasteiger partial charge in [-0.2, -0.15) is 0 Å². The molecular formula is C22H22N2O2S. The normalized spacial score (nSPS) is 12.7. The number of aryl methyl sites for hydroxylation is 1. The van der Waals surface area contributed by atoms with Gasteiger partial charge in [-0.1, -0.05) is 31.2 Å². The van der Waals surface area contributed by atoms with Crippen molar-refractivity contribution in [1.29, 1.82) is 0 Å². The molecule has 0 bridgehead atoms. The highest BCUT2D eigenvalue weighted by molar-refractivity contribution is 7.17. The first-order valence-corrected chi connectivity index (χ1v) is 9.98. The zero-order chi connectivity index (χ0) is 19.1. The first-order valence-electron chi connectivity index (χ1n) is 9.10. The van der Waals surface area contributed by atoms with Gasteiger partial charge in [-0.25, -0.2) is 0 Å². The summed E-state index contributed by atoms with van der Waals surface area (Å²) < 4.78 is 0.692. The molecule has 0 spiro atoms. The van der Waals surface area contributed by atoms with Gasteiger partial charge in [0.15, 0.2) is 0 Å². The van der Waals surface area contributed by atoms with E-state index in [2.05, 4.69) is 29.4 Å². The van der Waals surface area contributed by atoms with Gasteiger partial charge < -0.3 is 15.4 Å². The summed E-state index contributed by atoms with van der Waals surface area (Å²) in [7, 11) is 1.94. The van der Waals surface area contributed by atoms with Gasteiger partial charge in [0, 0.05) is 22.4 Å². The van der Waals surface area contributed by atoms with E-state index in [-0.39, 0.29) is 17.4 Å². The second-order valence-electron chi connectivity index (χ2n) is 6.78. The third-order valence-electron chi connectivity index (χ3n) is 5.28. The second-order valence-corrected chi connectivity index (χ2v) is 7.70. The Labute approximate surface area is 161 Å². The Morgan fingerprint density at radius 2 is 1.96 bits per heavy atom. The maximum absolute atomic E-state index is 12.5. The molecule has 0 unspecified atom stereocenters. The van der Waals surface area contributed by atoms with Gasteiger partial charge in [-0.05, 0) is 54.6 Å². The Morgan fingerprint density at radius 3 is 2.63 bits per heavy atom. The summed E-state index contributed by atoms with van der Waals surface area (Å²) in [5.41, 5.74) is 4.57. The minimum atomic E-state index is -0.0722. The van der Waals surface area contributed by atoms with Crippen LogP contribution in [0, 0.1) is 0 Å². The average Bonchev–Trinajstić information content (AvgIpc) is 3.18. The summed E-state index contributed by atoms with van der Waals surface area (Å²) in [4.78, 5) is 15.5. The van der Waals surface area contributed by atoms with E-state index in [0.717, 1.165) is 39.4 Å². The van der Waals surface area contributed by atoms with E-state index in [0.29, 0.717) is 4.70 Å². The fourth-order valence-electron chi connectivity index (χ4n) is 3.66. The molecule has 2 heterocycles. The minimum absolute atomic E-state index is 0.0722. The van der Waals surface area contributed by atoms with Gasteiger partial charge in [-0.3, -0.25) is 4.79 Å². The number of aromatic hydroxyl groups is 1. The lowest BCUT2D eigenvalue weighted by Gasteiger charge is -2.15. The third kappa shape index (κ3) is 2.83. The third-order valence-corrected chi connectivity index (χ3v) is 6.19. The van der Waals surface area contributed by atoms with Crippen LogP contribution in [0.3, 0.4) is 0 Å². The Hall–Kier alpha value is -2.63. The van der Waals surface area contributed by atoms with E-state index in [9.17, 15) is 9.90 Å². The number of nitrogens with one attached hydrogen (secondary N) is 2. The van der Waals surface area contributed by atoms with Crippen LogP contribution < -0.4 is 10.9 Å². The van der Waals surface area contributed by atoms with Crippen LogP contribution in [0.4, 0.5) is 0 Å². The Kier molecular flexibility index (Phi) is 4.50. The number of thiophene rings is 1. The van der Waals surface area contributed by atoms with Crippen molar-refractivity contribution in [3.63, 3.8) is 0 Å². The van der Waals surface area contributed by atoms with Gasteiger partial charge in [0.05, 0.1) is 5.52 Å². The molecule has 0 saturated carbocycles. The van der Waals surface area contributed by atoms with Gasteiger partial charge in [0.2, 0.25) is 0 Å². The lowest BCUT2D eigenvalue weighted by molar-refractivity contribution is 0.477. The summed E-state index contributed by atoms with van der Waals surface area (Å²) in [5, 5.41) is 17.8. The summed E-state index contributed by atoms with van der Waals surface area (Å²) in [5.74, 6) is 0.244. The topological polar surface area (TPSA) is 65.1 Å². The maximum Gasteiger partial charge on any atom is 0.266 e. The standard InChI is InChI=1S/C22H22N2O2S/c1-4-13-11-17(25)18(15-7-5-14(6-8-15)12(2)23-3)19-16-9-10-27-21(16)22(26)24-20(13)19/h5-12,23,25H,4H2,1-3H3,(H,24,26)/t12-/m1/s1. The quantitative estimate of drug-likeness (QED) is 0.470.